The van der Waals surface area contributed by atoms with E-state index in [1.54, 1.807) is 24.6 Å². The normalized spacial score (nSPS) is 19.1. The van der Waals surface area contributed by atoms with Crippen molar-refractivity contribution in [3.05, 3.63) is 31.9 Å². The Morgan fingerprint density at radius 1 is 1.26 bits per heavy atom. The molecule has 0 saturated carbocycles. The molecule has 0 spiro atoms. The number of piperidine rings is 1. The minimum absolute atomic E-state index is 0.135. The molecule has 0 unspecified atom stereocenters. The van der Waals surface area contributed by atoms with Gasteiger partial charge < -0.3 is 4.90 Å². The molecule has 0 bridgehead atoms. The van der Waals surface area contributed by atoms with Gasteiger partial charge in [0.05, 0.1) is 4.91 Å². The molecule has 0 atom stereocenters. The van der Waals surface area contributed by atoms with Crippen molar-refractivity contribution in [1.82, 2.24) is 9.47 Å². The molecule has 0 aliphatic carbocycles. The van der Waals surface area contributed by atoms with Crippen LogP contribution in [0.4, 0.5) is 5.82 Å². The number of carbonyl (C=O) groups excluding carboxylic acids is 1. The molecule has 1 aromatic heterocycles. The number of pyridine rings is 1. The molecule has 2 saturated heterocycles. The summed E-state index contributed by atoms with van der Waals surface area (Å²) in [6.07, 6.45) is 5.10. The smallest absolute Gasteiger partial charge is 0.270 e. The number of nitriles is 1. The van der Waals surface area contributed by atoms with Crippen LogP contribution in [0.5, 0.6) is 0 Å². The number of hydrogen-bond donors (Lipinski definition) is 0. The standard InChI is InChI=1S/C19H22N4O2S2/c1-4-23-16(22-8-6-5-7-9-22)13(12(2)14(11-20)17(23)24)10-15-18(25)21(3)19(26)27-15/h10H,4-9H2,1-3H3/b15-10-. The van der Waals surface area contributed by atoms with Gasteiger partial charge in [-0.3, -0.25) is 19.1 Å². The van der Waals surface area contributed by atoms with Crippen molar-refractivity contribution in [3.63, 3.8) is 0 Å². The quantitative estimate of drug-likeness (QED) is 0.572. The fourth-order valence-corrected chi connectivity index (χ4v) is 4.72. The molecule has 6 nitrogen and oxygen atoms in total. The third-order valence-corrected chi connectivity index (χ3v) is 6.56. The van der Waals surface area contributed by atoms with E-state index in [9.17, 15) is 14.9 Å². The molecule has 0 aromatic carbocycles. The topological polar surface area (TPSA) is 69.3 Å². The Kier molecular flexibility index (Phi) is 5.72. The van der Waals surface area contributed by atoms with E-state index >= 15 is 0 Å². The van der Waals surface area contributed by atoms with Crippen LogP contribution in [0.25, 0.3) is 6.08 Å². The predicted octanol–water partition coefficient (Wildman–Crippen LogP) is 2.87. The Morgan fingerprint density at radius 3 is 2.44 bits per heavy atom. The summed E-state index contributed by atoms with van der Waals surface area (Å²) in [6, 6.07) is 2.05. The molecule has 2 aliphatic rings. The second-order valence-electron chi connectivity index (χ2n) is 6.69. The van der Waals surface area contributed by atoms with Crippen LogP contribution in [0.2, 0.25) is 0 Å². The summed E-state index contributed by atoms with van der Waals surface area (Å²) in [6.45, 7) is 5.88. The summed E-state index contributed by atoms with van der Waals surface area (Å²) in [5.41, 5.74) is 1.26. The first-order valence-corrected chi connectivity index (χ1v) is 10.3. The summed E-state index contributed by atoms with van der Waals surface area (Å²) >= 11 is 6.48. The molecule has 1 aromatic rings. The van der Waals surface area contributed by atoms with Crippen molar-refractivity contribution in [1.29, 1.82) is 5.26 Å². The number of carbonyl (C=O) groups is 1. The lowest BCUT2D eigenvalue weighted by Crippen LogP contribution is -2.37. The zero-order chi connectivity index (χ0) is 19.7. The van der Waals surface area contributed by atoms with Crippen molar-refractivity contribution in [2.24, 2.45) is 0 Å². The molecule has 1 amide bonds. The van der Waals surface area contributed by atoms with Gasteiger partial charge in [0.1, 0.15) is 21.8 Å². The number of nitrogens with zero attached hydrogens (tertiary/aromatic N) is 4. The van der Waals surface area contributed by atoms with Crippen LogP contribution in [0.3, 0.4) is 0 Å². The Labute approximate surface area is 168 Å². The SMILES string of the molecule is CCn1c(N2CCCCC2)c(/C=C2\SC(=S)N(C)C2=O)c(C)c(C#N)c1=O. The number of rotatable bonds is 3. The zero-order valence-electron chi connectivity index (χ0n) is 15.7. The first-order chi connectivity index (χ1) is 12.9. The Morgan fingerprint density at radius 2 is 1.93 bits per heavy atom. The third kappa shape index (κ3) is 3.42. The maximum Gasteiger partial charge on any atom is 0.270 e. The number of aromatic nitrogens is 1. The second kappa shape index (κ2) is 7.87. The second-order valence-corrected chi connectivity index (χ2v) is 8.36. The fraction of sp³-hybridized carbons (Fsp3) is 0.474. The average Bonchev–Trinajstić information content (AvgIpc) is 2.91. The molecule has 142 valence electrons. The van der Waals surface area contributed by atoms with Gasteiger partial charge in [-0.1, -0.05) is 24.0 Å². The van der Waals surface area contributed by atoms with Gasteiger partial charge in [-0.15, -0.1) is 0 Å². The molecule has 27 heavy (non-hydrogen) atoms. The Balaban J connectivity index is 2.28. The van der Waals surface area contributed by atoms with E-state index in [-0.39, 0.29) is 17.0 Å². The fourth-order valence-electron chi connectivity index (χ4n) is 3.56. The minimum atomic E-state index is -0.265. The van der Waals surface area contributed by atoms with Gasteiger partial charge in [0.2, 0.25) is 0 Å². The van der Waals surface area contributed by atoms with Crippen molar-refractivity contribution < 1.29 is 4.79 Å². The van der Waals surface area contributed by atoms with E-state index in [0.29, 0.717) is 21.3 Å². The number of thioether (sulfide) groups is 1. The van der Waals surface area contributed by atoms with E-state index in [2.05, 4.69) is 11.0 Å². The van der Waals surface area contributed by atoms with Gasteiger partial charge >= 0.3 is 0 Å². The predicted molar refractivity (Wildman–Crippen MR) is 113 cm³/mol. The molecule has 3 rings (SSSR count). The van der Waals surface area contributed by atoms with Gasteiger partial charge in [0.15, 0.2) is 0 Å². The maximum absolute atomic E-state index is 12.9. The van der Waals surface area contributed by atoms with Crippen LogP contribution in [-0.4, -0.2) is 39.8 Å². The highest BCUT2D eigenvalue weighted by atomic mass is 32.2. The van der Waals surface area contributed by atoms with E-state index < -0.39 is 0 Å². The number of likely N-dealkylation sites (N-methyl/N-ethyl adjacent to an activating group) is 1. The highest BCUT2D eigenvalue weighted by Crippen LogP contribution is 2.35. The number of anilines is 1. The molecule has 0 N–H and O–H groups in total. The molecular weight excluding hydrogens is 380 g/mol. The van der Waals surface area contributed by atoms with Crippen LogP contribution in [-0.2, 0) is 11.3 Å². The lowest BCUT2D eigenvalue weighted by Gasteiger charge is -2.33. The van der Waals surface area contributed by atoms with Crippen LogP contribution in [0, 0.1) is 18.3 Å². The first kappa shape index (κ1) is 19.6. The number of hydrogen-bond acceptors (Lipinski definition) is 6. The summed E-state index contributed by atoms with van der Waals surface area (Å²) in [7, 11) is 1.66. The third-order valence-electron chi connectivity index (χ3n) is 5.08. The molecule has 2 aliphatic heterocycles. The van der Waals surface area contributed by atoms with Crippen LogP contribution in [0.1, 0.15) is 42.9 Å². The number of amides is 1. The van der Waals surface area contributed by atoms with Crippen molar-refractivity contribution in [2.75, 3.05) is 25.0 Å². The summed E-state index contributed by atoms with van der Waals surface area (Å²) < 4.78 is 2.17. The van der Waals surface area contributed by atoms with E-state index in [0.717, 1.165) is 37.3 Å². The lowest BCUT2D eigenvalue weighted by atomic mass is 10.0. The zero-order valence-corrected chi connectivity index (χ0v) is 17.4. The van der Waals surface area contributed by atoms with Gasteiger partial charge in [-0.25, -0.2) is 0 Å². The summed E-state index contributed by atoms with van der Waals surface area (Å²) in [4.78, 5) is 29.5. The maximum atomic E-state index is 12.9. The average molecular weight is 403 g/mol. The largest absolute Gasteiger partial charge is 0.357 e. The molecule has 8 heteroatoms. The first-order valence-electron chi connectivity index (χ1n) is 9.04. The van der Waals surface area contributed by atoms with Crippen LogP contribution >= 0.6 is 24.0 Å². The van der Waals surface area contributed by atoms with Crippen LogP contribution in [0.15, 0.2) is 9.70 Å². The van der Waals surface area contributed by atoms with Gasteiger partial charge in [0.25, 0.3) is 11.5 Å². The number of thiocarbonyl (C=S) groups is 1. The Bertz CT molecular complexity index is 936. The van der Waals surface area contributed by atoms with Crippen molar-refractivity contribution in [2.45, 2.75) is 39.7 Å². The van der Waals surface area contributed by atoms with E-state index in [4.69, 9.17) is 12.2 Å². The molecule has 0 radical (unpaired) electrons. The summed E-state index contributed by atoms with van der Waals surface area (Å²) in [5.74, 6) is 0.654. The lowest BCUT2D eigenvalue weighted by molar-refractivity contribution is -0.121. The highest BCUT2D eigenvalue weighted by Gasteiger charge is 2.30. The molecule has 3 heterocycles. The Hall–Kier alpha value is -2.11. The van der Waals surface area contributed by atoms with Crippen molar-refractivity contribution in [3.8, 4) is 6.07 Å². The minimum Gasteiger partial charge on any atom is -0.357 e. The van der Waals surface area contributed by atoms with Gasteiger partial charge in [-0.05, 0) is 44.7 Å². The van der Waals surface area contributed by atoms with Gasteiger partial charge in [0, 0.05) is 32.2 Å². The van der Waals surface area contributed by atoms with Crippen molar-refractivity contribution >= 4 is 46.1 Å². The van der Waals surface area contributed by atoms with E-state index in [1.807, 2.05) is 6.92 Å². The van der Waals surface area contributed by atoms with Crippen LogP contribution < -0.4 is 10.5 Å². The molecular formula is C19H22N4O2S2. The monoisotopic (exact) mass is 402 g/mol. The molecule has 2 fully saturated rings. The van der Waals surface area contributed by atoms with E-state index in [1.165, 1.54) is 23.1 Å². The highest BCUT2D eigenvalue weighted by molar-refractivity contribution is 8.26. The van der Waals surface area contributed by atoms with Gasteiger partial charge in [-0.2, -0.15) is 5.26 Å². The summed E-state index contributed by atoms with van der Waals surface area (Å²) in [5, 5.41) is 9.54.